The molecule has 3 N–H and O–H groups in total. The second-order valence-corrected chi connectivity index (χ2v) is 4.36. The molecule has 2 aromatic carbocycles. The van der Waals surface area contributed by atoms with E-state index in [2.05, 4.69) is 5.32 Å². The van der Waals surface area contributed by atoms with Gasteiger partial charge in [-0.2, -0.15) is 0 Å². The van der Waals surface area contributed by atoms with Gasteiger partial charge in [0.1, 0.15) is 11.5 Å². The van der Waals surface area contributed by atoms with Crippen molar-refractivity contribution >= 4 is 0 Å². The highest BCUT2D eigenvalue weighted by molar-refractivity contribution is 5.44. The second kappa shape index (κ2) is 5.56. The van der Waals surface area contributed by atoms with Crippen LogP contribution in [-0.4, -0.2) is 10.2 Å². The third-order valence-electron chi connectivity index (χ3n) is 2.88. The lowest BCUT2D eigenvalue weighted by atomic mass is 10.1. The maximum absolute atomic E-state index is 9.76. The Labute approximate surface area is 107 Å². The molecule has 3 nitrogen and oxygen atoms in total. The van der Waals surface area contributed by atoms with Crippen molar-refractivity contribution in [1.29, 1.82) is 0 Å². The first-order valence-electron chi connectivity index (χ1n) is 5.93. The fraction of sp³-hybridized carbons (Fsp3) is 0.200. The van der Waals surface area contributed by atoms with Crippen molar-refractivity contribution in [3.8, 4) is 11.5 Å². The highest BCUT2D eigenvalue weighted by Gasteiger charge is 2.05. The second-order valence-electron chi connectivity index (χ2n) is 4.36. The van der Waals surface area contributed by atoms with Crippen molar-refractivity contribution in [3.05, 3.63) is 59.2 Å². The van der Waals surface area contributed by atoms with E-state index in [1.165, 1.54) is 5.56 Å². The molecule has 0 spiro atoms. The summed E-state index contributed by atoms with van der Waals surface area (Å²) in [5.41, 5.74) is 2.57. The number of aryl methyl sites for hydroxylation is 1. The van der Waals surface area contributed by atoms with E-state index in [0.29, 0.717) is 17.7 Å². The molecule has 0 unspecified atom stereocenters. The first-order chi connectivity index (χ1) is 8.66. The zero-order valence-electron chi connectivity index (χ0n) is 10.4. The van der Waals surface area contributed by atoms with Crippen LogP contribution < -0.4 is 5.32 Å². The Morgan fingerprint density at radius 1 is 0.944 bits per heavy atom. The van der Waals surface area contributed by atoms with Crippen LogP contribution in [0.4, 0.5) is 0 Å². The summed E-state index contributed by atoms with van der Waals surface area (Å²) in [6.45, 7) is 3.01. The Hall–Kier alpha value is -2.00. The van der Waals surface area contributed by atoms with E-state index in [0.717, 1.165) is 6.54 Å². The molecule has 0 aliphatic heterocycles. The van der Waals surface area contributed by atoms with E-state index in [4.69, 9.17) is 0 Å². The van der Waals surface area contributed by atoms with Gasteiger partial charge in [-0.1, -0.05) is 30.3 Å². The number of phenols is 2. The minimum absolute atomic E-state index is 0.212. The van der Waals surface area contributed by atoms with Gasteiger partial charge in [0.05, 0.1) is 0 Å². The Balaban J connectivity index is 1.97. The van der Waals surface area contributed by atoms with E-state index < -0.39 is 0 Å². The highest BCUT2D eigenvalue weighted by atomic mass is 16.3. The molecular formula is C15H17NO2. The number of hydrogen-bond acceptors (Lipinski definition) is 3. The Kier molecular flexibility index (Phi) is 3.85. The number of nitrogens with one attached hydrogen (secondary N) is 1. The summed E-state index contributed by atoms with van der Waals surface area (Å²) < 4.78 is 0. The average molecular weight is 243 g/mol. The smallest absolute Gasteiger partial charge is 0.120 e. The van der Waals surface area contributed by atoms with Crippen LogP contribution in [0, 0.1) is 6.92 Å². The predicted octanol–water partition coefficient (Wildman–Crippen LogP) is 2.70. The largest absolute Gasteiger partial charge is 0.508 e. The molecule has 0 aromatic heterocycles. The first kappa shape index (κ1) is 12.5. The van der Waals surface area contributed by atoms with Crippen molar-refractivity contribution in [3.63, 3.8) is 0 Å². The summed E-state index contributed by atoms with van der Waals surface area (Å²) in [6.07, 6.45) is 0. The van der Waals surface area contributed by atoms with Crippen molar-refractivity contribution in [2.24, 2.45) is 0 Å². The normalized spacial score (nSPS) is 10.5. The van der Waals surface area contributed by atoms with Crippen LogP contribution in [0.1, 0.15) is 16.7 Å². The third kappa shape index (κ3) is 3.02. The quantitative estimate of drug-likeness (QED) is 0.724. The molecule has 0 saturated heterocycles. The third-order valence-corrected chi connectivity index (χ3v) is 2.88. The molecule has 2 rings (SSSR count). The molecule has 3 heteroatoms. The number of phenolic OH excluding ortho intramolecular Hbond substituents is 2. The van der Waals surface area contributed by atoms with Crippen LogP contribution in [0.25, 0.3) is 0 Å². The van der Waals surface area contributed by atoms with Gasteiger partial charge in [0.2, 0.25) is 0 Å². The van der Waals surface area contributed by atoms with Crippen LogP contribution in [0.3, 0.4) is 0 Å². The summed E-state index contributed by atoms with van der Waals surface area (Å²) in [5.74, 6) is 0.426. The lowest BCUT2D eigenvalue weighted by Crippen LogP contribution is -2.12. The monoisotopic (exact) mass is 243 g/mol. The van der Waals surface area contributed by atoms with Crippen LogP contribution in [-0.2, 0) is 13.1 Å². The molecular weight excluding hydrogens is 226 g/mol. The highest BCUT2D eigenvalue weighted by Crippen LogP contribution is 2.26. The first-order valence-corrected chi connectivity index (χ1v) is 5.93. The molecule has 94 valence electrons. The van der Waals surface area contributed by atoms with Gasteiger partial charge in [-0.3, -0.25) is 0 Å². The predicted molar refractivity (Wildman–Crippen MR) is 71.5 cm³/mol. The van der Waals surface area contributed by atoms with E-state index in [1.54, 1.807) is 19.1 Å². The van der Waals surface area contributed by atoms with Crippen molar-refractivity contribution in [2.45, 2.75) is 20.0 Å². The molecule has 2 aromatic rings. The van der Waals surface area contributed by atoms with Gasteiger partial charge in [0.15, 0.2) is 0 Å². The van der Waals surface area contributed by atoms with Crippen molar-refractivity contribution in [2.75, 3.05) is 0 Å². The molecule has 0 atom stereocenters. The standard InChI is InChI=1S/C15H17NO2/c1-11-7-15(18)13(8-14(11)17)10-16-9-12-5-3-2-4-6-12/h2-8,16-18H,9-10H2,1H3. The van der Waals surface area contributed by atoms with Crippen LogP contribution in [0.2, 0.25) is 0 Å². The van der Waals surface area contributed by atoms with Crippen LogP contribution in [0.5, 0.6) is 11.5 Å². The molecule has 0 amide bonds. The van der Waals surface area contributed by atoms with Gasteiger partial charge < -0.3 is 15.5 Å². The molecule has 0 saturated carbocycles. The van der Waals surface area contributed by atoms with Gasteiger partial charge >= 0.3 is 0 Å². The Bertz CT molecular complexity index is 524. The Morgan fingerprint density at radius 3 is 2.39 bits per heavy atom. The van der Waals surface area contributed by atoms with Gasteiger partial charge in [-0.15, -0.1) is 0 Å². The lowest BCUT2D eigenvalue weighted by Gasteiger charge is -2.09. The minimum Gasteiger partial charge on any atom is -0.508 e. The summed E-state index contributed by atoms with van der Waals surface area (Å²) >= 11 is 0. The topological polar surface area (TPSA) is 52.5 Å². The molecule has 0 aliphatic rings. The van der Waals surface area contributed by atoms with E-state index in [1.807, 2.05) is 30.3 Å². The molecule has 0 fully saturated rings. The molecule has 0 heterocycles. The fourth-order valence-corrected chi connectivity index (χ4v) is 1.80. The van der Waals surface area contributed by atoms with E-state index in [-0.39, 0.29) is 11.5 Å². The molecule has 0 radical (unpaired) electrons. The molecule has 0 aliphatic carbocycles. The van der Waals surface area contributed by atoms with Crippen molar-refractivity contribution in [1.82, 2.24) is 5.32 Å². The van der Waals surface area contributed by atoms with Gasteiger partial charge in [0.25, 0.3) is 0 Å². The van der Waals surface area contributed by atoms with Gasteiger partial charge in [0, 0.05) is 18.7 Å². The van der Waals surface area contributed by atoms with Gasteiger partial charge in [-0.05, 0) is 30.2 Å². The summed E-state index contributed by atoms with van der Waals surface area (Å²) in [7, 11) is 0. The van der Waals surface area contributed by atoms with E-state index in [9.17, 15) is 10.2 Å². The van der Waals surface area contributed by atoms with Crippen molar-refractivity contribution < 1.29 is 10.2 Å². The Morgan fingerprint density at radius 2 is 1.67 bits per heavy atom. The maximum atomic E-state index is 9.76. The number of aromatic hydroxyl groups is 2. The SMILES string of the molecule is Cc1cc(O)c(CNCc2ccccc2)cc1O. The number of benzene rings is 2. The summed E-state index contributed by atoms with van der Waals surface area (Å²) in [5, 5.41) is 22.6. The maximum Gasteiger partial charge on any atom is 0.120 e. The summed E-state index contributed by atoms with van der Waals surface area (Å²) in [6, 6.07) is 13.2. The zero-order chi connectivity index (χ0) is 13.0. The fourth-order valence-electron chi connectivity index (χ4n) is 1.80. The summed E-state index contributed by atoms with van der Waals surface area (Å²) in [4.78, 5) is 0. The number of hydrogen-bond donors (Lipinski definition) is 3. The van der Waals surface area contributed by atoms with Gasteiger partial charge in [-0.25, -0.2) is 0 Å². The zero-order valence-corrected chi connectivity index (χ0v) is 10.4. The molecule has 18 heavy (non-hydrogen) atoms. The molecule has 0 bridgehead atoms. The van der Waals surface area contributed by atoms with Crippen LogP contribution >= 0.6 is 0 Å². The van der Waals surface area contributed by atoms with Crippen LogP contribution in [0.15, 0.2) is 42.5 Å². The van der Waals surface area contributed by atoms with E-state index >= 15 is 0 Å². The minimum atomic E-state index is 0.212. The number of rotatable bonds is 4. The lowest BCUT2D eigenvalue weighted by molar-refractivity contribution is 0.448. The average Bonchev–Trinajstić information content (AvgIpc) is 2.37.